The SMILES string of the molecule is CN(C)C=CC(=O)c1cnc(Nc2ccc(C(F)(F)F)cc2)s1. The van der Waals surface area contributed by atoms with Gasteiger partial charge in [-0.2, -0.15) is 13.2 Å². The van der Waals surface area contributed by atoms with E-state index in [0.717, 1.165) is 23.5 Å². The number of allylic oxidation sites excluding steroid dienone is 1. The minimum absolute atomic E-state index is 0.184. The minimum Gasteiger partial charge on any atom is -0.383 e. The Morgan fingerprint density at radius 1 is 1.26 bits per heavy atom. The number of ketones is 1. The predicted molar refractivity (Wildman–Crippen MR) is 84.0 cm³/mol. The summed E-state index contributed by atoms with van der Waals surface area (Å²) in [6.45, 7) is 0. The Labute approximate surface area is 135 Å². The lowest BCUT2D eigenvalue weighted by atomic mass is 10.2. The van der Waals surface area contributed by atoms with Crippen LogP contribution in [0.3, 0.4) is 0 Å². The zero-order chi connectivity index (χ0) is 17.0. The van der Waals surface area contributed by atoms with Gasteiger partial charge >= 0.3 is 6.18 Å². The van der Waals surface area contributed by atoms with Gasteiger partial charge in [-0.3, -0.25) is 4.79 Å². The van der Waals surface area contributed by atoms with Crippen LogP contribution in [0.4, 0.5) is 24.0 Å². The molecule has 0 saturated carbocycles. The second-order valence-electron chi connectivity index (χ2n) is 4.87. The first-order valence-corrected chi connectivity index (χ1v) is 7.36. The molecule has 1 N–H and O–H groups in total. The van der Waals surface area contributed by atoms with Crippen LogP contribution < -0.4 is 5.32 Å². The second kappa shape index (κ2) is 6.82. The van der Waals surface area contributed by atoms with Crippen molar-refractivity contribution in [3.05, 3.63) is 53.2 Å². The standard InChI is InChI=1S/C15H14F3N3OS/c1-21(2)8-7-12(22)13-9-19-14(23-13)20-11-5-3-10(4-6-11)15(16,17)18/h3-9H,1-2H3,(H,19,20). The fourth-order valence-corrected chi connectivity index (χ4v) is 2.37. The first-order valence-electron chi connectivity index (χ1n) is 6.55. The lowest BCUT2D eigenvalue weighted by molar-refractivity contribution is -0.137. The molecule has 1 aromatic heterocycles. The monoisotopic (exact) mass is 341 g/mol. The molecule has 1 heterocycles. The topological polar surface area (TPSA) is 45.2 Å². The number of nitrogens with zero attached hydrogens (tertiary/aromatic N) is 2. The first kappa shape index (κ1) is 17.0. The minimum atomic E-state index is -4.36. The number of alkyl halides is 3. The molecule has 0 aliphatic heterocycles. The molecule has 0 spiro atoms. The highest BCUT2D eigenvalue weighted by Gasteiger charge is 2.29. The molecule has 8 heteroatoms. The highest BCUT2D eigenvalue weighted by atomic mass is 32.1. The van der Waals surface area contributed by atoms with Gasteiger partial charge in [0.1, 0.15) is 0 Å². The predicted octanol–water partition coefficient (Wildman–Crippen LogP) is 4.16. The fraction of sp³-hybridized carbons (Fsp3) is 0.200. The van der Waals surface area contributed by atoms with Crippen LogP contribution in [0.15, 0.2) is 42.7 Å². The van der Waals surface area contributed by atoms with E-state index < -0.39 is 11.7 Å². The van der Waals surface area contributed by atoms with Crippen molar-refractivity contribution < 1.29 is 18.0 Å². The summed E-state index contributed by atoms with van der Waals surface area (Å²) in [5, 5.41) is 3.31. The molecule has 4 nitrogen and oxygen atoms in total. The second-order valence-corrected chi connectivity index (χ2v) is 5.90. The molecule has 2 rings (SSSR count). The van der Waals surface area contributed by atoms with E-state index in [1.54, 1.807) is 25.2 Å². The first-order chi connectivity index (χ1) is 10.8. The molecule has 0 aliphatic carbocycles. The van der Waals surface area contributed by atoms with Crippen LogP contribution in [0.2, 0.25) is 0 Å². The van der Waals surface area contributed by atoms with Gasteiger partial charge < -0.3 is 10.2 Å². The van der Waals surface area contributed by atoms with Crippen molar-refractivity contribution in [1.82, 2.24) is 9.88 Å². The molecule has 0 unspecified atom stereocenters. The maximum Gasteiger partial charge on any atom is 0.416 e. The fourth-order valence-electron chi connectivity index (χ4n) is 1.61. The number of halogens is 3. The molecule has 23 heavy (non-hydrogen) atoms. The molecular formula is C15H14F3N3OS. The van der Waals surface area contributed by atoms with E-state index >= 15 is 0 Å². The Morgan fingerprint density at radius 3 is 2.48 bits per heavy atom. The quantitative estimate of drug-likeness (QED) is 0.655. The van der Waals surface area contributed by atoms with Crippen LogP contribution >= 0.6 is 11.3 Å². The van der Waals surface area contributed by atoms with Crippen LogP contribution in [-0.2, 0) is 6.18 Å². The summed E-state index contributed by atoms with van der Waals surface area (Å²) in [5.74, 6) is -0.184. The highest BCUT2D eigenvalue weighted by Crippen LogP contribution is 2.30. The van der Waals surface area contributed by atoms with E-state index in [4.69, 9.17) is 0 Å². The Hall–Kier alpha value is -2.35. The number of hydrogen-bond acceptors (Lipinski definition) is 5. The molecule has 0 atom stereocenters. The molecule has 2 aromatic rings. The highest BCUT2D eigenvalue weighted by molar-refractivity contribution is 7.17. The smallest absolute Gasteiger partial charge is 0.383 e. The summed E-state index contributed by atoms with van der Waals surface area (Å²) in [6, 6.07) is 4.61. The Morgan fingerprint density at radius 2 is 1.91 bits per heavy atom. The normalized spacial score (nSPS) is 11.7. The molecule has 122 valence electrons. The number of thiazole rings is 1. The number of anilines is 2. The van der Waals surface area contributed by atoms with Gasteiger partial charge in [-0.05, 0) is 24.3 Å². The Bertz CT molecular complexity index is 706. The number of carbonyl (C=O) groups excluding carboxylic acids is 1. The van der Waals surface area contributed by atoms with E-state index in [1.165, 1.54) is 24.4 Å². The van der Waals surface area contributed by atoms with Crippen molar-refractivity contribution in [1.29, 1.82) is 0 Å². The van der Waals surface area contributed by atoms with Gasteiger partial charge in [-0.25, -0.2) is 4.98 Å². The van der Waals surface area contributed by atoms with Gasteiger partial charge in [0.25, 0.3) is 0 Å². The zero-order valence-corrected chi connectivity index (χ0v) is 13.2. The lowest BCUT2D eigenvalue weighted by Gasteiger charge is -2.07. The van der Waals surface area contributed by atoms with Gasteiger partial charge in [-0.1, -0.05) is 11.3 Å². The molecular weight excluding hydrogens is 327 g/mol. The van der Waals surface area contributed by atoms with E-state index in [1.807, 2.05) is 0 Å². The van der Waals surface area contributed by atoms with Gasteiger partial charge in [0.2, 0.25) is 0 Å². The molecule has 0 bridgehead atoms. The Kier molecular flexibility index (Phi) is 5.05. The average Bonchev–Trinajstić information content (AvgIpc) is 2.93. The van der Waals surface area contributed by atoms with Gasteiger partial charge in [0, 0.05) is 32.1 Å². The summed E-state index contributed by atoms with van der Waals surface area (Å²) >= 11 is 1.13. The largest absolute Gasteiger partial charge is 0.416 e. The van der Waals surface area contributed by atoms with Crippen LogP contribution in [0.25, 0.3) is 0 Å². The van der Waals surface area contributed by atoms with Gasteiger partial charge in [-0.15, -0.1) is 0 Å². The van der Waals surface area contributed by atoms with Crippen molar-refractivity contribution in [2.75, 3.05) is 19.4 Å². The summed E-state index contributed by atoms with van der Waals surface area (Å²) in [5.41, 5.74) is -0.248. The van der Waals surface area contributed by atoms with Crippen LogP contribution in [0.1, 0.15) is 15.2 Å². The molecule has 0 amide bonds. The number of aromatic nitrogens is 1. The van der Waals surface area contributed by atoms with E-state index in [9.17, 15) is 18.0 Å². The van der Waals surface area contributed by atoms with Crippen LogP contribution in [0.5, 0.6) is 0 Å². The van der Waals surface area contributed by atoms with Crippen molar-refractivity contribution in [3.8, 4) is 0 Å². The molecule has 0 aliphatic rings. The van der Waals surface area contributed by atoms with Gasteiger partial charge in [0.15, 0.2) is 10.9 Å². The number of hydrogen-bond donors (Lipinski definition) is 1. The number of nitrogens with one attached hydrogen (secondary N) is 1. The average molecular weight is 341 g/mol. The van der Waals surface area contributed by atoms with Crippen LogP contribution in [0, 0.1) is 0 Å². The van der Waals surface area contributed by atoms with E-state index in [-0.39, 0.29) is 5.78 Å². The van der Waals surface area contributed by atoms with Crippen molar-refractivity contribution in [2.45, 2.75) is 6.18 Å². The van der Waals surface area contributed by atoms with E-state index in [0.29, 0.717) is 15.7 Å². The molecule has 1 aromatic carbocycles. The molecule has 0 fully saturated rings. The Balaban J connectivity index is 2.06. The van der Waals surface area contributed by atoms with Crippen molar-refractivity contribution >= 4 is 27.9 Å². The summed E-state index contributed by atoms with van der Waals surface area (Å²) < 4.78 is 37.5. The maximum atomic E-state index is 12.5. The lowest BCUT2D eigenvalue weighted by Crippen LogP contribution is -2.04. The molecule has 0 saturated heterocycles. The third kappa shape index (κ3) is 4.82. The summed E-state index contributed by atoms with van der Waals surface area (Å²) in [7, 11) is 3.60. The third-order valence-electron chi connectivity index (χ3n) is 2.74. The zero-order valence-electron chi connectivity index (χ0n) is 12.4. The molecule has 0 radical (unpaired) electrons. The maximum absolute atomic E-state index is 12.5. The van der Waals surface area contributed by atoms with Crippen molar-refractivity contribution in [2.24, 2.45) is 0 Å². The number of carbonyl (C=O) groups is 1. The number of rotatable bonds is 5. The summed E-state index contributed by atoms with van der Waals surface area (Å²) in [6.07, 6.45) is 0.123. The van der Waals surface area contributed by atoms with Crippen LogP contribution in [-0.4, -0.2) is 29.8 Å². The van der Waals surface area contributed by atoms with E-state index in [2.05, 4.69) is 10.3 Å². The third-order valence-corrected chi connectivity index (χ3v) is 3.66. The number of benzene rings is 1. The van der Waals surface area contributed by atoms with Gasteiger partial charge in [0.05, 0.1) is 16.6 Å². The van der Waals surface area contributed by atoms with Crippen molar-refractivity contribution in [3.63, 3.8) is 0 Å². The summed E-state index contributed by atoms with van der Waals surface area (Å²) in [4.78, 5) is 18.1.